The summed E-state index contributed by atoms with van der Waals surface area (Å²) in [6, 6.07) is 21.8. The maximum atomic E-state index is 6.07. The Kier molecular flexibility index (Phi) is 4.85. The topological polar surface area (TPSA) is 129 Å². The van der Waals surface area contributed by atoms with Crippen LogP contribution >= 0.6 is 0 Å². The van der Waals surface area contributed by atoms with Gasteiger partial charge in [-0.3, -0.25) is 0 Å². The van der Waals surface area contributed by atoms with Gasteiger partial charge in [0.2, 0.25) is 0 Å². The Morgan fingerprint density at radius 2 is 0.808 bits per heavy atom. The number of rotatable bonds is 4. The molecule has 0 amide bonds. The van der Waals surface area contributed by atoms with Gasteiger partial charge in [0.15, 0.2) is 0 Å². The van der Waals surface area contributed by atoms with Crippen LogP contribution in [0.4, 0.5) is 22.7 Å². The maximum absolute atomic E-state index is 6.07. The smallest absolute Gasteiger partial charge is 0.131 e. The van der Waals surface area contributed by atoms with Crippen molar-refractivity contribution >= 4 is 34.4 Å². The molecular formula is C20H20N6. The Labute approximate surface area is 151 Å². The van der Waals surface area contributed by atoms with E-state index in [1.807, 2.05) is 48.5 Å². The zero-order valence-electron chi connectivity index (χ0n) is 14.1. The number of nitrogens with zero attached hydrogens (tertiary/aromatic N) is 2. The van der Waals surface area contributed by atoms with Crippen LogP contribution in [0.25, 0.3) is 0 Å². The van der Waals surface area contributed by atoms with E-state index in [0.29, 0.717) is 23.0 Å². The fraction of sp³-hybridized carbons (Fsp3) is 0. The number of hydrogen-bond acceptors (Lipinski definition) is 4. The maximum Gasteiger partial charge on any atom is 0.131 e. The highest BCUT2D eigenvalue weighted by molar-refractivity contribution is 6.02. The molecule has 26 heavy (non-hydrogen) atoms. The summed E-state index contributed by atoms with van der Waals surface area (Å²) in [5.74, 6) is 0.825. The molecule has 0 unspecified atom stereocenters. The van der Waals surface area contributed by atoms with Crippen LogP contribution in [0.2, 0.25) is 0 Å². The van der Waals surface area contributed by atoms with Crippen molar-refractivity contribution in [3.05, 3.63) is 83.9 Å². The van der Waals surface area contributed by atoms with Crippen LogP contribution in [0.1, 0.15) is 11.1 Å². The third-order valence-electron chi connectivity index (χ3n) is 3.76. The van der Waals surface area contributed by atoms with Crippen molar-refractivity contribution in [1.82, 2.24) is 0 Å². The molecule has 0 aliphatic heterocycles. The van der Waals surface area contributed by atoms with Gasteiger partial charge in [-0.05, 0) is 48.5 Å². The number of benzene rings is 3. The van der Waals surface area contributed by atoms with Crippen LogP contribution in [0, 0.1) is 0 Å². The lowest BCUT2D eigenvalue weighted by Crippen LogP contribution is -2.15. The third kappa shape index (κ3) is 4.18. The van der Waals surface area contributed by atoms with Crippen LogP contribution < -0.4 is 22.9 Å². The summed E-state index contributed by atoms with van der Waals surface area (Å²) in [6.07, 6.45) is 0. The largest absolute Gasteiger partial charge is 0.399 e. The molecule has 0 saturated heterocycles. The fourth-order valence-electron chi connectivity index (χ4n) is 2.32. The van der Waals surface area contributed by atoms with Crippen molar-refractivity contribution in [2.24, 2.45) is 21.5 Å². The molecule has 0 heterocycles. The standard InChI is InChI=1S/C20H20N6/c21-15-5-9-17(10-6-15)25-19(23)13-1-2-14(4-3-13)20(24)26-18-11-7-16(22)8-12-18/h1-12H,21-22H2,(H2,23,25)(H2,24,26). The highest BCUT2D eigenvalue weighted by Gasteiger charge is 2.03. The highest BCUT2D eigenvalue weighted by Crippen LogP contribution is 2.17. The number of amidine groups is 2. The van der Waals surface area contributed by atoms with Crippen molar-refractivity contribution < 1.29 is 0 Å². The summed E-state index contributed by atoms with van der Waals surface area (Å²) in [5, 5.41) is 0. The number of anilines is 2. The summed E-state index contributed by atoms with van der Waals surface area (Å²) in [6.45, 7) is 0. The molecule has 3 rings (SSSR count). The first-order valence-corrected chi connectivity index (χ1v) is 8.01. The first-order valence-electron chi connectivity index (χ1n) is 8.01. The van der Waals surface area contributed by atoms with E-state index in [1.54, 1.807) is 24.3 Å². The van der Waals surface area contributed by atoms with Crippen molar-refractivity contribution in [3.8, 4) is 0 Å². The minimum absolute atomic E-state index is 0.412. The van der Waals surface area contributed by atoms with E-state index in [0.717, 1.165) is 22.5 Å². The van der Waals surface area contributed by atoms with Gasteiger partial charge < -0.3 is 22.9 Å². The predicted octanol–water partition coefficient (Wildman–Crippen LogP) is 2.93. The first-order chi connectivity index (χ1) is 12.5. The van der Waals surface area contributed by atoms with E-state index in [2.05, 4.69) is 9.98 Å². The fourth-order valence-corrected chi connectivity index (χ4v) is 2.32. The molecule has 0 atom stereocenters. The van der Waals surface area contributed by atoms with E-state index in [9.17, 15) is 0 Å². The second-order valence-corrected chi connectivity index (χ2v) is 5.75. The number of nitrogens with two attached hydrogens (primary N) is 4. The van der Waals surface area contributed by atoms with Gasteiger partial charge in [0.25, 0.3) is 0 Å². The van der Waals surface area contributed by atoms with Gasteiger partial charge in [-0.2, -0.15) is 0 Å². The highest BCUT2D eigenvalue weighted by atomic mass is 14.9. The Bertz CT molecular complexity index is 859. The van der Waals surface area contributed by atoms with Gasteiger partial charge in [0, 0.05) is 22.5 Å². The molecule has 0 aliphatic rings. The molecule has 0 bridgehead atoms. The van der Waals surface area contributed by atoms with E-state index >= 15 is 0 Å². The van der Waals surface area contributed by atoms with Crippen molar-refractivity contribution in [2.45, 2.75) is 0 Å². The minimum Gasteiger partial charge on any atom is -0.399 e. The summed E-state index contributed by atoms with van der Waals surface area (Å²) in [7, 11) is 0. The molecule has 3 aromatic carbocycles. The van der Waals surface area contributed by atoms with Gasteiger partial charge in [0.05, 0.1) is 11.4 Å². The van der Waals surface area contributed by atoms with Crippen LogP contribution in [-0.4, -0.2) is 11.7 Å². The third-order valence-corrected chi connectivity index (χ3v) is 3.76. The second kappa shape index (κ2) is 7.40. The molecular weight excluding hydrogens is 324 g/mol. The number of aliphatic imine (C=N–C) groups is 2. The molecule has 3 aromatic rings. The first kappa shape index (κ1) is 17.0. The zero-order valence-corrected chi connectivity index (χ0v) is 14.1. The van der Waals surface area contributed by atoms with Crippen molar-refractivity contribution in [2.75, 3.05) is 11.5 Å². The normalized spacial score (nSPS) is 12.2. The van der Waals surface area contributed by atoms with Crippen molar-refractivity contribution in [1.29, 1.82) is 0 Å². The molecule has 0 spiro atoms. The Morgan fingerprint density at radius 1 is 0.500 bits per heavy atom. The quantitative estimate of drug-likeness (QED) is 0.329. The van der Waals surface area contributed by atoms with Gasteiger partial charge in [-0.1, -0.05) is 24.3 Å². The van der Waals surface area contributed by atoms with Crippen LogP contribution in [0.15, 0.2) is 82.8 Å². The lowest BCUT2D eigenvalue weighted by Gasteiger charge is -2.05. The molecule has 130 valence electrons. The predicted molar refractivity (Wildman–Crippen MR) is 109 cm³/mol. The molecule has 0 saturated carbocycles. The summed E-state index contributed by atoms with van der Waals surface area (Å²) in [4.78, 5) is 8.77. The Balaban J connectivity index is 1.79. The van der Waals surface area contributed by atoms with Gasteiger partial charge in [0.1, 0.15) is 11.7 Å². The number of hydrogen-bond donors (Lipinski definition) is 4. The monoisotopic (exact) mass is 344 g/mol. The lowest BCUT2D eigenvalue weighted by atomic mass is 10.1. The average molecular weight is 344 g/mol. The Hall–Kier alpha value is -3.80. The van der Waals surface area contributed by atoms with Crippen LogP contribution in [0.5, 0.6) is 0 Å². The minimum atomic E-state index is 0.412. The molecule has 6 heteroatoms. The Morgan fingerprint density at radius 3 is 1.12 bits per heavy atom. The van der Waals surface area contributed by atoms with Gasteiger partial charge in [-0.25, -0.2) is 9.98 Å². The van der Waals surface area contributed by atoms with E-state index in [4.69, 9.17) is 22.9 Å². The van der Waals surface area contributed by atoms with Gasteiger partial charge in [-0.15, -0.1) is 0 Å². The molecule has 8 N–H and O–H groups in total. The zero-order chi connectivity index (χ0) is 18.5. The summed E-state index contributed by atoms with van der Waals surface area (Å²) in [5.41, 5.74) is 27.9. The molecule has 0 aliphatic carbocycles. The van der Waals surface area contributed by atoms with Gasteiger partial charge >= 0.3 is 0 Å². The number of nitrogen functional groups attached to an aromatic ring is 2. The molecule has 0 fully saturated rings. The summed E-state index contributed by atoms with van der Waals surface area (Å²) < 4.78 is 0. The lowest BCUT2D eigenvalue weighted by molar-refractivity contribution is 1.43. The average Bonchev–Trinajstić information content (AvgIpc) is 2.65. The molecule has 0 radical (unpaired) electrons. The van der Waals surface area contributed by atoms with E-state index < -0.39 is 0 Å². The summed E-state index contributed by atoms with van der Waals surface area (Å²) >= 11 is 0. The van der Waals surface area contributed by atoms with Crippen LogP contribution in [0.3, 0.4) is 0 Å². The SMILES string of the molecule is NC(=Nc1ccc(N)cc1)c1ccc(C(N)=Nc2ccc(N)cc2)cc1. The van der Waals surface area contributed by atoms with E-state index in [-0.39, 0.29) is 0 Å². The molecule has 0 aromatic heterocycles. The van der Waals surface area contributed by atoms with Crippen molar-refractivity contribution in [3.63, 3.8) is 0 Å². The van der Waals surface area contributed by atoms with E-state index in [1.165, 1.54) is 0 Å². The van der Waals surface area contributed by atoms with Crippen LogP contribution in [-0.2, 0) is 0 Å². The second-order valence-electron chi connectivity index (χ2n) is 5.75. The molecule has 6 nitrogen and oxygen atoms in total.